The van der Waals surface area contributed by atoms with E-state index >= 15 is 0 Å². The molecule has 1 aromatic rings. The highest BCUT2D eigenvalue weighted by atomic mass is 16.5. The third-order valence-electron chi connectivity index (χ3n) is 3.41. The van der Waals surface area contributed by atoms with Crippen LogP contribution < -0.4 is 10.6 Å². The Hall–Kier alpha value is -1.26. The van der Waals surface area contributed by atoms with E-state index in [0.717, 1.165) is 37.3 Å². The fourth-order valence-electron chi connectivity index (χ4n) is 2.44. The van der Waals surface area contributed by atoms with Crippen molar-refractivity contribution in [3.8, 4) is 0 Å². The van der Waals surface area contributed by atoms with Crippen molar-refractivity contribution in [2.45, 2.75) is 25.9 Å². The van der Waals surface area contributed by atoms with Gasteiger partial charge in [0.15, 0.2) is 0 Å². The van der Waals surface area contributed by atoms with Crippen LogP contribution in [0.2, 0.25) is 0 Å². The molecule has 0 bridgehead atoms. The van der Waals surface area contributed by atoms with E-state index in [2.05, 4.69) is 24.0 Å². The van der Waals surface area contributed by atoms with Gasteiger partial charge in [0, 0.05) is 13.1 Å². The molecule has 4 heteroatoms. The van der Waals surface area contributed by atoms with Gasteiger partial charge >= 0.3 is 0 Å². The Morgan fingerprint density at radius 2 is 2.11 bits per heavy atom. The number of aliphatic hydroxyl groups excluding tert-OH is 1. The molecule has 3 N–H and O–H groups in total. The Morgan fingerprint density at radius 1 is 1.39 bits per heavy atom. The fourth-order valence-corrected chi connectivity index (χ4v) is 2.44. The highest BCUT2D eigenvalue weighted by molar-refractivity contribution is 5.68. The molecule has 4 nitrogen and oxygen atoms in total. The Balaban J connectivity index is 1.93. The predicted octanol–water partition coefficient (Wildman–Crippen LogP) is 1.55. The van der Waals surface area contributed by atoms with Crippen molar-refractivity contribution in [3.63, 3.8) is 0 Å². The lowest BCUT2D eigenvalue weighted by molar-refractivity contribution is 0.0159. The molecular weight excluding hydrogens is 228 g/mol. The number of ether oxygens (including phenoxy) is 1. The van der Waals surface area contributed by atoms with Gasteiger partial charge in [0.05, 0.1) is 30.7 Å². The Bertz CT molecular complexity index is 387. The lowest BCUT2D eigenvalue weighted by Gasteiger charge is -2.34. The first-order chi connectivity index (χ1) is 8.70. The van der Waals surface area contributed by atoms with E-state index in [1.807, 2.05) is 6.07 Å². The van der Waals surface area contributed by atoms with E-state index in [1.54, 1.807) is 0 Å². The van der Waals surface area contributed by atoms with Crippen LogP contribution in [0.3, 0.4) is 0 Å². The minimum atomic E-state index is 0.102. The molecule has 1 heterocycles. The van der Waals surface area contributed by atoms with Gasteiger partial charge in [-0.25, -0.2) is 0 Å². The first kappa shape index (κ1) is 13.2. The lowest BCUT2D eigenvalue weighted by atomic mass is 10.1. The summed E-state index contributed by atoms with van der Waals surface area (Å²) in [7, 11) is 0. The van der Waals surface area contributed by atoms with Gasteiger partial charge in [-0.05, 0) is 37.5 Å². The smallest absolute Gasteiger partial charge is 0.0701 e. The molecule has 0 aromatic heterocycles. The zero-order valence-corrected chi connectivity index (χ0v) is 10.9. The third kappa shape index (κ3) is 3.15. The number of rotatable bonds is 4. The second-order valence-corrected chi connectivity index (χ2v) is 4.84. The van der Waals surface area contributed by atoms with Gasteiger partial charge in [0.2, 0.25) is 0 Å². The quantitative estimate of drug-likeness (QED) is 0.796. The second kappa shape index (κ2) is 6.07. The highest BCUT2D eigenvalue weighted by Gasteiger charge is 2.20. The summed E-state index contributed by atoms with van der Waals surface area (Å²) in [6, 6.07) is 6.21. The Labute approximate surface area is 108 Å². The molecule has 0 amide bonds. The maximum absolute atomic E-state index is 8.74. The number of hydrogen-bond donors (Lipinski definition) is 2. The van der Waals surface area contributed by atoms with Gasteiger partial charge < -0.3 is 20.5 Å². The summed E-state index contributed by atoms with van der Waals surface area (Å²) in [6.07, 6.45) is 2.26. The Morgan fingerprint density at radius 3 is 2.72 bits per heavy atom. The maximum Gasteiger partial charge on any atom is 0.0701 e. The van der Waals surface area contributed by atoms with Crippen LogP contribution in [-0.2, 0) is 4.74 Å². The van der Waals surface area contributed by atoms with Crippen molar-refractivity contribution in [1.29, 1.82) is 0 Å². The van der Waals surface area contributed by atoms with Crippen LogP contribution in [-0.4, -0.2) is 37.5 Å². The molecule has 0 radical (unpaired) electrons. The van der Waals surface area contributed by atoms with Gasteiger partial charge in [0.25, 0.3) is 0 Å². The molecule has 1 aromatic carbocycles. The summed E-state index contributed by atoms with van der Waals surface area (Å²) in [5.74, 6) is 0. The van der Waals surface area contributed by atoms with Crippen LogP contribution in [0.5, 0.6) is 0 Å². The van der Waals surface area contributed by atoms with Crippen molar-refractivity contribution < 1.29 is 9.84 Å². The number of aryl methyl sites for hydroxylation is 1. The van der Waals surface area contributed by atoms with Crippen molar-refractivity contribution in [1.82, 2.24) is 0 Å². The molecule has 18 heavy (non-hydrogen) atoms. The largest absolute Gasteiger partial charge is 0.397 e. The molecule has 0 unspecified atom stereocenters. The average molecular weight is 250 g/mol. The molecule has 0 saturated carbocycles. The number of hydrogen-bond acceptors (Lipinski definition) is 4. The maximum atomic E-state index is 8.74. The van der Waals surface area contributed by atoms with Crippen LogP contribution >= 0.6 is 0 Å². The van der Waals surface area contributed by atoms with E-state index in [0.29, 0.717) is 6.61 Å². The monoisotopic (exact) mass is 250 g/mol. The van der Waals surface area contributed by atoms with Crippen LogP contribution in [0, 0.1) is 6.92 Å². The lowest BCUT2D eigenvalue weighted by Crippen LogP contribution is -2.37. The minimum absolute atomic E-state index is 0.102. The van der Waals surface area contributed by atoms with Crippen molar-refractivity contribution in [2.75, 3.05) is 36.9 Å². The number of piperidine rings is 1. The van der Waals surface area contributed by atoms with Crippen LogP contribution in [0.25, 0.3) is 0 Å². The number of benzene rings is 1. The summed E-state index contributed by atoms with van der Waals surface area (Å²) in [5, 5.41) is 8.74. The Kier molecular flexibility index (Phi) is 4.44. The second-order valence-electron chi connectivity index (χ2n) is 4.84. The van der Waals surface area contributed by atoms with Gasteiger partial charge in [0.1, 0.15) is 0 Å². The standard InChI is InChI=1S/C14H22N2O2/c1-11-2-3-14(13(15)10-11)16-6-4-12(5-7-16)18-9-8-17/h2-3,10,12,17H,4-9,15H2,1H3. The van der Waals surface area contributed by atoms with Crippen LogP contribution in [0.15, 0.2) is 18.2 Å². The van der Waals surface area contributed by atoms with Gasteiger partial charge in [-0.3, -0.25) is 0 Å². The van der Waals surface area contributed by atoms with Crippen LogP contribution in [0.1, 0.15) is 18.4 Å². The molecule has 1 aliphatic rings. The summed E-state index contributed by atoms with van der Waals surface area (Å²) in [4.78, 5) is 2.31. The van der Waals surface area contributed by atoms with Crippen molar-refractivity contribution >= 4 is 11.4 Å². The number of nitrogen functional groups attached to an aromatic ring is 1. The highest BCUT2D eigenvalue weighted by Crippen LogP contribution is 2.27. The molecule has 100 valence electrons. The minimum Gasteiger partial charge on any atom is -0.397 e. The SMILES string of the molecule is Cc1ccc(N2CCC(OCCO)CC2)c(N)c1. The first-order valence-electron chi connectivity index (χ1n) is 6.54. The average Bonchev–Trinajstić information content (AvgIpc) is 2.37. The van der Waals surface area contributed by atoms with Gasteiger partial charge in [-0.1, -0.05) is 6.07 Å². The van der Waals surface area contributed by atoms with Gasteiger partial charge in [-0.15, -0.1) is 0 Å². The normalized spacial score (nSPS) is 17.1. The predicted molar refractivity (Wildman–Crippen MR) is 73.9 cm³/mol. The molecule has 0 atom stereocenters. The molecular formula is C14H22N2O2. The zero-order chi connectivity index (χ0) is 13.0. The number of nitrogens with two attached hydrogens (primary N) is 1. The molecule has 1 aliphatic heterocycles. The summed E-state index contributed by atoms with van der Waals surface area (Å²) < 4.78 is 5.56. The molecule has 0 spiro atoms. The topological polar surface area (TPSA) is 58.7 Å². The van der Waals surface area contributed by atoms with Crippen molar-refractivity contribution in [2.24, 2.45) is 0 Å². The first-order valence-corrected chi connectivity index (χ1v) is 6.54. The van der Waals surface area contributed by atoms with E-state index < -0.39 is 0 Å². The number of nitrogens with zero attached hydrogens (tertiary/aromatic N) is 1. The summed E-state index contributed by atoms with van der Waals surface area (Å²) in [5.41, 5.74) is 9.23. The molecule has 2 rings (SSSR count). The zero-order valence-electron chi connectivity index (χ0n) is 10.9. The molecule has 0 aliphatic carbocycles. The number of aliphatic hydroxyl groups is 1. The van der Waals surface area contributed by atoms with Crippen molar-refractivity contribution in [3.05, 3.63) is 23.8 Å². The van der Waals surface area contributed by atoms with E-state index in [1.165, 1.54) is 5.56 Å². The van der Waals surface area contributed by atoms with Crippen LogP contribution in [0.4, 0.5) is 11.4 Å². The van der Waals surface area contributed by atoms with E-state index in [4.69, 9.17) is 15.6 Å². The van der Waals surface area contributed by atoms with Gasteiger partial charge in [-0.2, -0.15) is 0 Å². The number of anilines is 2. The third-order valence-corrected chi connectivity index (χ3v) is 3.41. The summed E-state index contributed by atoms with van der Waals surface area (Å²) >= 11 is 0. The summed E-state index contributed by atoms with van der Waals surface area (Å²) in [6.45, 7) is 4.52. The van der Waals surface area contributed by atoms with E-state index in [-0.39, 0.29) is 12.7 Å². The van der Waals surface area contributed by atoms with E-state index in [9.17, 15) is 0 Å². The fraction of sp³-hybridized carbons (Fsp3) is 0.571. The molecule has 1 fully saturated rings. The molecule has 1 saturated heterocycles.